The Morgan fingerprint density at radius 1 is 1.10 bits per heavy atom. The molecule has 1 aliphatic heterocycles. The molecule has 104 valence electrons. The van der Waals surface area contributed by atoms with Gasteiger partial charge in [0.25, 0.3) is 11.5 Å². The number of aromatic hydroxyl groups is 1. The van der Waals surface area contributed by atoms with E-state index < -0.39 is 23.0 Å². The lowest BCUT2D eigenvalue weighted by molar-refractivity contribution is -0.114. The van der Waals surface area contributed by atoms with E-state index in [1.54, 1.807) is 30.3 Å². The quantitative estimate of drug-likeness (QED) is 0.570. The minimum absolute atomic E-state index is 0.140. The molecular formula is C14H9N3O4. The van der Waals surface area contributed by atoms with Crippen LogP contribution in [-0.4, -0.2) is 21.0 Å². The van der Waals surface area contributed by atoms with Gasteiger partial charge in [-0.2, -0.15) is 0 Å². The molecule has 0 spiro atoms. The molecule has 7 heteroatoms. The molecule has 21 heavy (non-hydrogen) atoms. The summed E-state index contributed by atoms with van der Waals surface area (Å²) in [5, 5.41) is 10.9. The highest BCUT2D eigenvalue weighted by molar-refractivity contribution is 6.07. The molecular weight excluding hydrogens is 274 g/mol. The number of rotatable bonds is 1. The third-order valence-corrected chi connectivity index (χ3v) is 2.98. The smallest absolute Gasteiger partial charge is 0.328 e. The first-order valence-corrected chi connectivity index (χ1v) is 6.02. The molecule has 0 unspecified atom stereocenters. The molecule has 0 fully saturated rings. The average Bonchev–Trinajstić information content (AvgIpc) is 2.43. The lowest BCUT2D eigenvalue weighted by Crippen LogP contribution is -2.30. The van der Waals surface area contributed by atoms with Crippen LogP contribution in [0.1, 0.15) is 5.56 Å². The zero-order valence-electron chi connectivity index (χ0n) is 10.6. The van der Waals surface area contributed by atoms with Crippen molar-refractivity contribution in [2.45, 2.75) is 0 Å². The molecule has 0 aliphatic carbocycles. The van der Waals surface area contributed by atoms with E-state index in [1.807, 2.05) is 9.97 Å². The molecule has 2 heterocycles. The van der Waals surface area contributed by atoms with Crippen molar-refractivity contribution in [3.63, 3.8) is 0 Å². The van der Waals surface area contributed by atoms with E-state index >= 15 is 0 Å². The fourth-order valence-electron chi connectivity index (χ4n) is 1.99. The molecule has 1 aromatic carbocycles. The number of benzene rings is 1. The highest BCUT2D eigenvalue weighted by Gasteiger charge is 2.13. The largest absolute Gasteiger partial charge is 0.494 e. The van der Waals surface area contributed by atoms with Crippen LogP contribution in [-0.2, 0) is 4.79 Å². The third kappa shape index (κ3) is 2.32. The minimum Gasteiger partial charge on any atom is -0.494 e. The van der Waals surface area contributed by atoms with E-state index in [2.05, 4.69) is 4.99 Å². The second-order valence-electron chi connectivity index (χ2n) is 4.39. The number of amides is 1. The number of hydrogen-bond donors (Lipinski definition) is 3. The number of H-pyrrole nitrogens is 2. The van der Waals surface area contributed by atoms with Gasteiger partial charge in [0.2, 0.25) is 5.88 Å². The van der Waals surface area contributed by atoms with Gasteiger partial charge in [0.15, 0.2) is 0 Å². The van der Waals surface area contributed by atoms with Gasteiger partial charge in [0, 0.05) is 10.8 Å². The number of fused-ring (bicyclic) bond motifs is 1. The van der Waals surface area contributed by atoms with E-state index in [1.165, 1.54) is 6.08 Å². The number of aromatic nitrogens is 2. The number of carbonyl (C=O) groups is 1. The summed E-state index contributed by atoms with van der Waals surface area (Å²) in [5.41, 5.74) is -1.68. The second kappa shape index (κ2) is 4.71. The number of para-hydroxylation sites is 1. The summed E-state index contributed by atoms with van der Waals surface area (Å²) in [6.45, 7) is 0. The molecule has 7 nitrogen and oxygen atoms in total. The molecule has 0 saturated heterocycles. The predicted octanol–water partition coefficient (Wildman–Crippen LogP) is -1.21. The minimum atomic E-state index is -0.825. The van der Waals surface area contributed by atoms with Crippen molar-refractivity contribution in [2.24, 2.45) is 4.99 Å². The summed E-state index contributed by atoms with van der Waals surface area (Å²) in [4.78, 5) is 42.5. The molecule has 3 rings (SSSR count). The summed E-state index contributed by atoms with van der Waals surface area (Å²) < 4.78 is 0. The Morgan fingerprint density at radius 2 is 1.86 bits per heavy atom. The fraction of sp³-hybridized carbons (Fsp3) is 0. The Labute approximate surface area is 116 Å². The molecule has 1 amide bonds. The summed E-state index contributed by atoms with van der Waals surface area (Å²) in [6, 6.07) is 7.03. The maximum absolute atomic E-state index is 11.9. The molecule has 2 aromatic rings. The zero-order valence-corrected chi connectivity index (χ0v) is 10.6. The van der Waals surface area contributed by atoms with Crippen LogP contribution >= 0.6 is 0 Å². The van der Waals surface area contributed by atoms with Gasteiger partial charge in [0.05, 0.1) is 5.36 Å². The number of aromatic amines is 2. The highest BCUT2D eigenvalue weighted by Crippen LogP contribution is 2.13. The van der Waals surface area contributed by atoms with Crippen molar-refractivity contribution < 1.29 is 9.90 Å². The molecule has 1 aliphatic rings. The highest BCUT2D eigenvalue weighted by atomic mass is 16.3. The maximum Gasteiger partial charge on any atom is 0.328 e. The summed E-state index contributed by atoms with van der Waals surface area (Å²) in [6.07, 6.45) is 2.75. The molecule has 0 atom stereocenters. The SMILES string of the molecule is O=C1N=c2ccccc2=CC1=Cc1c(O)[nH]c(=O)[nH]c1=O. The first-order chi connectivity index (χ1) is 10.0. The Morgan fingerprint density at radius 3 is 2.62 bits per heavy atom. The third-order valence-electron chi connectivity index (χ3n) is 2.98. The Kier molecular flexibility index (Phi) is 2.87. The fourth-order valence-corrected chi connectivity index (χ4v) is 1.99. The standard InChI is InChI=1S/C14H9N3O4/c18-11-8(5-7-3-1-2-4-10(7)15-11)6-9-12(19)16-14(21)17-13(9)20/h1-6H,(H3,16,17,19,20,21). The molecule has 0 saturated carbocycles. The van der Waals surface area contributed by atoms with Gasteiger partial charge < -0.3 is 5.11 Å². The summed E-state index contributed by atoms with van der Waals surface area (Å²) in [7, 11) is 0. The number of nitrogens with one attached hydrogen (secondary N) is 2. The first-order valence-electron chi connectivity index (χ1n) is 6.02. The van der Waals surface area contributed by atoms with E-state index in [-0.39, 0.29) is 11.1 Å². The van der Waals surface area contributed by atoms with Gasteiger partial charge in [0.1, 0.15) is 5.56 Å². The lowest BCUT2D eigenvalue weighted by Gasteiger charge is -2.03. The number of carbonyl (C=O) groups excluding carboxylic acids is 1. The van der Waals surface area contributed by atoms with Crippen molar-refractivity contribution in [3.8, 4) is 5.88 Å². The van der Waals surface area contributed by atoms with Gasteiger partial charge in [-0.1, -0.05) is 18.2 Å². The number of hydrogen-bond acceptors (Lipinski definition) is 4. The second-order valence-corrected chi connectivity index (χ2v) is 4.39. The summed E-state index contributed by atoms with van der Waals surface area (Å²) >= 11 is 0. The Hall–Kier alpha value is -3.22. The maximum atomic E-state index is 11.9. The Balaban J connectivity index is 2.23. The van der Waals surface area contributed by atoms with Crippen molar-refractivity contribution >= 4 is 18.1 Å². The molecule has 1 aromatic heterocycles. The van der Waals surface area contributed by atoms with Gasteiger partial charge >= 0.3 is 5.69 Å². The first kappa shape index (κ1) is 12.8. The average molecular weight is 283 g/mol. The molecule has 0 radical (unpaired) electrons. The van der Waals surface area contributed by atoms with Crippen LogP contribution in [0.4, 0.5) is 0 Å². The molecule has 0 bridgehead atoms. The van der Waals surface area contributed by atoms with Gasteiger partial charge in [-0.3, -0.25) is 19.6 Å². The van der Waals surface area contributed by atoms with Crippen LogP contribution in [0.15, 0.2) is 44.4 Å². The number of nitrogens with zero attached hydrogens (tertiary/aromatic N) is 1. The van der Waals surface area contributed by atoms with Crippen molar-refractivity contribution in [2.75, 3.05) is 0 Å². The van der Waals surface area contributed by atoms with Crippen LogP contribution in [0.25, 0.3) is 12.2 Å². The van der Waals surface area contributed by atoms with Crippen LogP contribution in [0.2, 0.25) is 0 Å². The normalized spacial score (nSPS) is 15.2. The topological polar surface area (TPSA) is 115 Å². The van der Waals surface area contributed by atoms with E-state index in [0.717, 1.165) is 5.22 Å². The van der Waals surface area contributed by atoms with Crippen molar-refractivity contribution in [1.82, 2.24) is 9.97 Å². The van der Waals surface area contributed by atoms with E-state index in [4.69, 9.17) is 0 Å². The van der Waals surface area contributed by atoms with Crippen LogP contribution < -0.4 is 21.8 Å². The van der Waals surface area contributed by atoms with Crippen LogP contribution in [0.5, 0.6) is 5.88 Å². The lowest BCUT2D eigenvalue weighted by atomic mass is 10.1. The van der Waals surface area contributed by atoms with Gasteiger partial charge in [-0.05, 0) is 18.2 Å². The van der Waals surface area contributed by atoms with Crippen molar-refractivity contribution in [1.29, 1.82) is 0 Å². The van der Waals surface area contributed by atoms with E-state index in [9.17, 15) is 19.5 Å². The van der Waals surface area contributed by atoms with Crippen LogP contribution in [0, 0.1) is 0 Å². The monoisotopic (exact) mass is 283 g/mol. The molecule has 3 N–H and O–H groups in total. The summed E-state index contributed by atoms with van der Waals surface area (Å²) in [5.74, 6) is -1.13. The van der Waals surface area contributed by atoms with Gasteiger partial charge in [-0.15, -0.1) is 0 Å². The van der Waals surface area contributed by atoms with Gasteiger partial charge in [-0.25, -0.2) is 9.79 Å². The zero-order chi connectivity index (χ0) is 15.0. The van der Waals surface area contributed by atoms with E-state index in [0.29, 0.717) is 5.36 Å². The Bertz CT molecular complexity index is 1010. The predicted molar refractivity (Wildman–Crippen MR) is 74.0 cm³/mol. The van der Waals surface area contributed by atoms with Crippen molar-refractivity contribution in [3.05, 3.63) is 66.8 Å². The van der Waals surface area contributed by atoms with Crippen LogP contribution in [0.3, 0.4) is 0 Å².